The average Bonchev–Trinajstić information content (AvgIpc) is 3.29. The third kappa shape index (κ3) is 4.12. The Morgan fingerprint density at radius 3 is 2.47 bits per heavy atom. The molecular weight excluding hydrogens is 404 g/mol. The molecule has 1 aromatic heterocycles. The van der Waals surface area contributed by atoms with Gasteiger partial charge in [0, 0.05) is 29.4 Å². The van der Waals surface area contributed by atoms with Gasteiger partial charge in [-0.1, -0.05) is 6.42 Å². The molecule has 2 heterocycles. The molecule has 156 valence electrons. The maximum absolute atomic E-state index is 12.9. The van der Waals surface area contributed by atoms with Gasteiger partial charge in [0.1, 0.15) is 0 Å². The zero-order chi connectivity index (χ0) is 21.1. The number of sulfonamides is 1. The van der Waals surface area contributed by atoms with Crippen molar-refractivity contribution >= 4 is 21.6 Å². The second kappa shape index (κ2) is 8.37. The van der Waals surface area contributed by atoms with Crippen molar-refractivity contribution in [3.8, 4) is 11.5 Å². The Hall–Kier alpha value is -3.04. The van der Waals surface area contributed by atoms with Crippen LogP contribution in [0.25, 0.3) is 11.5 Å². The van der Waals surface area contributed by atoms with E-state index >= 15 is 0 Å². The first-order valence-corrected chi connectivity index (χ1v) is 11.2. The van der Waals surface area contributed by atoms with E-state index in [0.29, 0.717) is 23.7 Å². The van der Waals surface area contributed by atoms with Gasteiger partial charge in [-0.25, -0.2) is 8.42 Å². The van der Waals surface area contributed by atoms with Crippen molar-refractivity contribution < 1.29 is 17.6 Å². The van der Waals surface area contributed by atoms with Gasteiger partial charge in [0.05, 0.1) is 4.90 Å². The number of amides is 1. The molecule has 0 saturated carbocycles. The molecule has 0 spiro atoms. The highest BCUT2D eigenvalue weighted by atomic mass is 32.2. The van der Waals surface area contributed by atoms with Crippen LogP contribution in [0.2, 0.25) is 0 Å². The van der Waals surface area contributed by atoms with Crippen LogP contribution in [-0.4, -0.2) is 41.4 Å². The lowest BCUT2D eigenvalue weighted by atomic mass is 10.1. The van der Waals surface area contributed by atoms with Crippen molar-refractivity contribution in [3.05, 3.63) is 60.5 Å². The first kappa shape index (κ1) is 20.2. The summed E-state index contributed by atoms with van der Waals surface area (Å²) in [5, 5.41) is 10.3. The van der Waals surface area contributed by atoms with E-state index in [1.54, 1.807) is 28.6 Å². The van der Waals surface area contributed by atoms with Crippen LogP contribution in [0.15, 0.2) is 64.2 Å². The third-order valence-corrected chi connectivity index (χ3v) is 7.24. The summed E-state index contributed by atoms with van der Waals surface area (Å²) in [4.78, 5) is 12.7. The van der Waals surface area contributed by atoms with E-state index < -0.39 is 10.0 Å². The molecule has 30 heavy (non-hydrogen) atoms. The molecule has 1 N–H and O–H groups in total. The highest BCUT2D eigenvalue weighted by Gasteiger charge is 2.30. The standard InChI is InChI=1S/C21H22N4O4S/c1-15-4-2-3-13-25(15)30(27,28)19-11-7-16(8-12-19)20(26)23-18-9-5-17(6-10-18)21-24-22-14-29-21/h5-12,14-15H,2-4,13H2,1H3,(H,23,26). The molecule has 0 radical (unpaired) electrons. The topological polar surface area (TPSA) is 105 Å². The number of nitrogens with one attached hydrogen (secondary N) is 1. The Morgan fingerprint density at radius 1 is 1.10 bits per heavy atom. The lowest BCUT2D eigenvalue weighted by molar-refractivity contribution is 0.102. The smallest absolute Gasteiger partial charge is 0.255 e. The highest BCUT2D eigenvalue weighted by molar-refractivity contribution is 7.89. The Kier molecular flexibility index (Phi) is 5.65. The van der Waals surface area contributed by atoms with Crippen LogP contribution >= 0.6 is 0 Å². The molecule has 4 rings (SSSR count). The number of anilines is 1. The lowest BCUT2D eigenvalue weighted by Gasteiger charge is -2.32. The van der Waals surface area contributed by atoms with Crippen LogP contribution in [0.5, 0.6) is 0 Å². The fourth-order valence-electron chi connectivity index (χ4n) is 3.54. The molecule has 0 bridgehead atoms. The SMILES string of the molecule is CC1CCCCN1S(=O)(=O)c1ccc(C(=O)Nc2ccc(-c3nnco3)cc2)cc1. The highest BCUT2D eigenvalue weighted by Crippen LogP contribution is 2.25. The van der Waals surface area contributed by atoms with Crippen molar-refractivity contribution in [1.82, 2.24) is 14.5 Å². The van der Waals surface area contributed by atoms with E-state index in [-0.39, 0.29) is 16.8 Å². The predicted octanol–water partition coefficient (Wildman–Crippen LogP) is 3.55. The maximum Gasteiger partial charge on any atom is 0.255 e. The largest absolute Gasteiger partial charge is 0.423 e. The van der Waals surface area contributed by atoms with E-state index in [9.17, 15) is 13.2 Å². The van der Waals surface area contributed by atoms with Crippen LogP contribution < -0.4 is 5.32 Å². The normalized spacial score (nSPS) is 17.6. The zero-order valence-electron chi connectivity index (χ0n) is 16.5. The number of aromatic nitrogens is 2. The summed E-state index contributed by atoms with van der Waals surface area (Å²) >= 11 is 0. The second-order valence-electron chi connectivity index (χ2n) is 7.26. The minimum absolute atomic E-state index is 0.0122. The summed E-state index contributed by atoms with van der Waals surface area (Å²) in [6, 6.07) is 13.0. The molecule has 1 fully saturated rings. The number of rotatable bonds is 5. The van der Waals surface area contributed by atoms with Crippen molar-refractivity contribution in [2.75, 3.05) is 11.9 Å². The summed E-state index contributed by atoms with van der Waals surface area (Å²) < 4.78 is 32.5. The van der Waals surface area contributed by atoms with Crippen LogP contribution in [0.1, 0.15) is 36.5 Å². The summed E-state index contributed by atoms with van der Waals surface area (Å²) in [6.45, 7) is 2.47. The van der Waals surface area contributed by atoms with Gasteiger partial charge >= 0.3 is 0 Å². The molecule has 1 aliphatic rings. The predicted molar refractivity (Wildman–Crippen MR) is 111 cm³/mol. The van der Waals surface area contributed by atoms with Gasteiger partial charge in [0.2, 0.25) is 22.3 Å². The molecule has 1 amide bonds. The summed E-state index contributed by atoms with van der Waals surface area (Å²) in [6.07, 6.45) is 4.03. The molecule has 2 aromatic carbocycles. The molecule has 1 unspecified atom stereocenters. The third-order valence-electron chi connectivity index (χ3n) is 5.21. The van der Waals surface area contributed by atoms with Crippen molar-refractivity contribution in [2.24, 2.45) is 0 Å². The van der Waals surface area contributed by atoms with Gasteiger partial charge < -0.3 is 9.73 Å². The van der Waals surface area contributed by atoms with Gasteiger partial charge in [-0.2, -0.15) is 4.31 Å². The van der Waals surface area contributed by atoms with Crippen LogP contribution in [0.3, 0.4) is 0 Å². The molecule has 1 aliphatic heterocycles. The molecular formula is C21H22N4O4S. The number of carbonyl (C=O) groups excluding carboxylic acids is 1. The first-order valence-electron chi connectivity index (χ1n) is 9.75. The molecule has 3 aromatic rings. The molecule has 9 heteroatoms. The summed E-state index contributed by atoms with van der Waals surface area (Å²) in [5.74, 6) is 0.0727. The number of carbonyl (C=O) groups is 1. The number of benzene rings is 2. The molecule has 1 saturated heterocycles. The van der Waals surface area contributed by atoms with E-state index in [4.69, 9.17) is 4.42 Å². The molecule has 0 aliphatic carbocycles. The minimum Gasteiger partial charge on any atom is -0.423 e. The van der Waals surface area contributed by atoms with Crippen molar-refractivity contribution in [2.45, 2.75) is 37.1 Å². The van der Waals surface area contributed by atoms with E-state index in [1.807, 2.05) is 6.92 Å². The second-order valence-corrected chi connectivity index (χ2v) is 9.15. The summed E-state index contributed by atoms with van der Waals surface area (Å²) in [5.41, 5.74) is 1.72. The Morgan fingerprint density at radius 2 is 1.83 bits per heavy atom. The van der Waals surface area contributed by atoms with Gasteiger partial charge in [-0.3, -0.25) is 4.79 Å². The van der Waals surface area contributed by atoms with E-state index in [2.05, 4.69) is 15.5 Å². The minimum atomic E-state index is -3.56. The Balaban J connectivity index is 1.45. The van der Waals surface area contributed by atoms with Crippen LogP contribution in [0, 0.1) is 0 Å². The van der Waals surface area contributed by atoms with Gasteiger partial charge in [-0.15, -0.1) is 10.2 Å². The van der Waals surface area contributed by atoms with Crippen molar-refractivity contribution in [1.29, 1.82) is 0 Å². The average molecular weight is 426 g/mol. The van der Waals surface area contributed by atoms with Crippen LogP contribution in [-0.2, 0) is 10.0 Å². The van der Waals surface area contributed by atoms with E-state index in [1.165, 1.54) is 30.7 Å². The van der Waals surface area contributed by atoms with Gasteiger partial charge in [0.15, 0.2) is 0 Å². The lowest BCUT2D eigenvalue weighted by Crippen LogP contribution is -2.41. The number of hydrogen-bond acceptors (Lipinski definition) is 6. The number of hydrogen-bond donors (Lipinski definition) is 1. The van der Waals surface area contributed by atoms with Gasteiger partial charge in [-0.05, 0) is 68.3 Å². The van der Waals surface area contributed by atoms with Gasteiger partial charge in [0.25, 0.3) is 5.91 Å². The number of nitrogens with zero attached hydrogens (tertiary/aromatic N) is 3. The monoisotopic (exact) mass is 426 g/mol. The summed E-state index contributed by atoms with van der Waals surface area (Å²) in [7, 11) is -3.56. The van der Waals surface area contributed by atoms with Crippen LogP contribution in [0.4, 0.5) is 5.69 Å². The fourth-order valence-corrected chi connectivity index (χ4v) is 5.24. The Labute approximate surface area is 175 Å². The fraction of sp³-hybridized carbons (Fsp3) is 0.286. The maximum atomic E-state index is 12.9. The van der Waals surface area contributed by atoms with Crippen molar-refractivity contribution in [3.63, 3.8) is 0 Å². The zero-order valence-corrected chi connectivity index (χ0v) is 17.3. The first-order chi connectivity index (χ1) is 14.4. The number of piperidine rings is 1. The Bertz CT molecular complexity index is 1110. The quantitative estimate of drug-likeness (QED) is 0.669. The van der Waals surface area contributed by atoms with E-state index in [0.717, 1.165) is 24.8 Å². The molecule has 1 atom stereocenters. The molecule has 8 nitrogen and oxygen atoms in total.